The normalized spacial score (nSPS) is 25.6. The quantitative estimate of drug-likeness (QED) is 0.307. The average molecular weight is 586 g/mol. The summed E-state index contributed by atoms with van der Waals surface area (Å²) in [7, 11) is 0. The molecule has 1 heterocycles. The number of amides is 1. The van der Waals surface area contributed by atoms with E-state index >= 15 is 0 Å². The highest BCUT2D eigenvalue weighted by molar-refractivity contribution is 5.89. The lowest BCUT2D eigenvalue weighted by Gasteiger charge is -2.33. The van der Waals surface area contributed by atoms with E-state index in [9.17, 15) is 32.3 Å². The molecule has 1 aliphatic heterocycles. The lowest BCUT2D eigenvalue weighted by molar-refractivity contribution is -0.233. The number of rotatable bonds is 6. The van der Waals surface area contributed by atoms with E-state index in [1.54, 1.807) is 62.4 Å². The fourth-order valence-electron chi connectivity index (χ4n) is 4.94. The van der Waals surface area contributed by atoms with Crippen molar-refractivity contribution in [1.29, 1.82) is 0 Å². The number of fused-ring (bicyclic) bond motifs is 1. The molecule has 3 atom stereocenters. The highest BCUT2D eigenvalue weighted by Crippen LogP contribution is 2.45. The van der Waals surface area contributed by atoms with Gasteiger partial charge in [-0.2, -0.15) is 13.2 Å². The van der Waals surface area contributed by atoms with E-state index in [2.05, 4.69) is 6.58 Å². The van der Waals surface area contributed by atoms with Crippen LogP contribution in [0.3, 0.4) is 0 Å². The van der Waals surface area contributed by atoms with Crippen LogP contribution in [0.4, 0.5) is 17.6 Å². The van der Waals surface area contributed by atoms with Crippen LogP contribution < -0.4 is 4.74 Å². The smallest absolute Gasteiger partial charge is 0.428 e. The molecule has 10 heteroatoms. The number of carbonyl (C=O) groups excluding carboxylic acids is 2. The van der Waals surface area contributed by atoms with Crippen molar-refractivity contribution in [2.45, 2.75) is 50.5 Å². The number of ether oxygens (including phenoxy) is 2. The van der Waals surface area contributed by atoms with Crippen LogP contribution >= 0.6 is 0 Å². The van der Waals surface area contributed by atoms with Gasteiger partial charge in [-0.3, -0.25) is 4.79 Å². The molecule has 1 unspecified atom stereocenters. The van der Waals surface area contributed by atoms with Crippen molar-refractivity contribution in [2.75, 3.05) is 13.2 Å². The van der Waals surface area contributed by atoms with Crippen LogP contribution in [-0.2, 0) is 9.53 Å². The van der Waals surface area contributed by atoms with Crippen LogP contribution in [0.1, 0.15) is 48.5 Å². The van der Waals surface area contributed by atoms with Gasteiger partial charge in [-0.25, -0.2) is 9.18 Å². The molecule has 0 saturated carbocycles. The lowest BCUT2D eigenvalue weighted by Crippen LogP contribution is -2.47. The van der Waals surface area contributed by atoms with Gasteiger partial charge in [-0.15, -0.1) is 0 Å². The van der Waals surface area contributed by atoms with Gasteiger partial charge in [0, 0.05) is 5.70 Å². The third kappa shape index (κ3) is 6.18. The van der Waals surface area contributed by atoms with Gasteiger partial charge < -0.3 is 19.5 Å². The van der Waals surface area contributed by atoms with Crippen LogP contribution in [0.2, 0.25) is 0 Å². The Kier molecular flexibility index (Phi) is 9.06. The van der Waals surface area contributed by atoms with Gasteiger partial charge in [0.25, 0.3) is 0 Å². The van der Waals surface area contributed by atoms with E-state index < -0.39 is 41.2 Å². The van der Waals surface area contributed by atoms with E-state index in [1.807, 2.05) is 0 Å². The maximum absolute atomic E-state index is 14.9. The Morgan fingerprint density at radius 3 is 2.52 bits per heavy atom. The molecule has 2 aromatic carbocycles. The Hall–Kier alpha value is -4.18. The second-order valence-electron chi connectivity index (χ2n) is 10.1. The summed E-state index contributed by atoms with van der Waals surface area (Å²) in [6.07, 6.45) is -3.07. The fraction of sp³-hybridized carbons (Fsp3) is 0.312. The minimum atomic E-state index is -5.37. The summed E-state index contributed by atoms with van der Waals surface area (Å²) in [5.74, 6) is -3.11. The fourth-order valence-corrected chi connectivity index (χ4v) is 4.94. The van der Waals surface area contributed by atoms with E-state index in [4.69, 9.17) is 9.47 Å². The molecule has 1 amide bonds. The highest BCUT2D eigenvalue weighted by atomic mass is 19.4. The second-order valence-corrected chi connectivity index (χ2v) is 10.1. The van der Waals surface area contributed by atoms with Crippen molar-refractivity contribution >= 4 is 11.9 Å². The number of carbonyl (C=O) groups is 2. The Morgan fingerprint density at radius 1 is 1.14 bits per heavy atom. The van der Waals surface area contributed by atoms with Gasteiger partial charge >= 0.3 is 12.1 Å². The summed E-state index contributed by atoms with van der Waals surface area (Å²) in [4.78, 5) is 27.5. The number of allylic oxidation sites excluding steroid dienone is 3. The number of hydrogen-bond donors (Lipinski definition) is 1. The van der Waals surface area contributed by atoms with Crippen molar-refractivity contribution in [3.63, 3.8) is 0 Å². The van der Waals surface area contributed by atoms with Gasteiger partial charge in [-0.1, -0.05) is 49.1 Å². The lowest BCUT2D eigenvalue weighted by atomic mass is 9.87. The summed E-state index contributed by atoms with van der Waals surface area (Å²) >= 11 is 0. The number of nitrogens with zero attached hydrogens (tertiary/aromatic N) is 1. The van der Waals surface area contributed by atoms with Gasteiger partial charge in [0.05, 0.1) is 24.6 Å². The first-order valence-electron chi connectivity index (χ1n) is 13.4. The maximum Gasteiger partial charge on any atom is 0.428 e. The first-order chi connectivity index (χ1) is 19.9. The summed E-state index contributed by atoms with van der Waals surface area (Å²) in [5, 5.41) is 10.4. The molecule has 1 aliphatic carbocycles. The third-order valence-electron chi connectivity index (χ3n) is 7.28. The van der Waals surface area contributed by atoms with Gasteiger partial charge in [-0.05, 0) is 73.7 Å². The minimum Gasteiger partial charge on any atom is -0.489 e. The Labute approximate surface area is 241 Å². The molecule has 0 aromatic heterocycles. The largest absolute Gasteiger partial charge is 0.489 e. The molecule has 222 valence electrons. The van der Waals surface area contributed by atoms with Gasteiger partial charge in [0.2, 0.25) is 11.5 Å². The van der Waals surface area contributed by atoms with E-state index in [0.29, 0.717) is 17.4 Å². The first-order valence-corrected chi connectivity index (χ1v) is 13.4. The zero-order valence-corrected chi connectivity index (χ0v) is 23.2. The number of esters is 1. The summed E-state index contributed by atoms with van der Waals surface area (Å²) in [6, 6.07) is 15.3. The van der Waals surface area contributed by atoms with E-state index in [-0.39, 0.29) is 48.7 Å². The maximum atomic E-state index is 14.9. The Bertz CT molecular complexity index is 1450. The molecule has 0 radical (unpaired) electrons. The van der Waals surface area contributed by atoms with Gasteiger partial charge in [0.1, 0.15) is 17.7 Å². The third-order valence-corrected chi connectivity index (χ3v) is 7.28. The van der Waals surface area contributed by atoms with Crippen molar-refractivity contribution < 1.29 is 41.7 Å². The molecule has 2 aromatic rings. The van der Waals surface area contributed by atoms with Gasteiger partial charge in [0.15, 0.2) is 0 Å². The molecule has 2 aliphatic rings. The van der Waals surface area contributed by atoms with Crippen LogP contribution in [0, 0.1) is 0 Å². The molecule has 0 bridgehead atoms. The zero-order chi connectivity index (χ0) is 30.7. The predicted molar refractivity (Wildman–Crippen MR) is 148 cm³/mol. The van der Waals surface area contributed by atoms with E-state index in [0.717, 1.165) is 12.2 Å². The van der Waals surface area contributed by atoms with Crippen molar-refractivity contribution in [1.82, 2.24) is 4.90 Å². The molecule has 1 N–H and O–H groups in total. The minimum absolute atomic E-state index is 0.0196. The molecule has 42 heavy (non-hydrogen) atoms. The van der Waals surface area contributed by atoms with Crippen LogP contribution in [0.5, 0.6) is 5.75 Å². The van der Waals surface area contributed by atoms with Crippen molar-refractivity contribution in [3.05, 3.63) is 113 Å². The molecule has 1 fully saturated rings. The van der Waals surface area contributed by atoms with Crippen LogP contribution in [-0.4, -0.2) is 52.9 Å². The molecule has 6 nitrogen and oxygen atoms in total. The molecule has 1 saturated heterocycles. The second kappa shape index (κ2) is 12.4. The molecular formula is C32H31F4NO5. The molecular weight excluding hydrogens is 554 g/mol. The van der Waals surface area contributed by atoms with Crippen LogP contribution in [0.25, 0.3) is 0 Å². The number of alkyl halides is 3. The van der Waals surface area contributed by atoms with Crippen LogP contribution in [0.15, 0.2) is 102 Å². The number of halogens is 4. The van der Waals surface area contributed by atoms with Crippen molar-refractivity contribution in [3.8, 4) is 5.75 Å². The predicted octanol–water partition coefficient (Wildman–Crippen LogP) is 6.56. The number of aliphatic hydroxyl groups is 1. The van der Waals surface area contributed by atoms with Crippen molar-refractivity contribution in [2.24, 2.45) is 0 Å². The van der Waals surface area contributed by atoms with E-state index in [1.165, 1.54) is 11.0 Å². The number of likely N-dealkylation sites (tertiary alicyclic amines) is 1. The highest BCUT2D eigenvalue weighted by Gasteiger charge is 2.59. The summed E-state index contributed by atoms with van der Waals surface area (Å²) in [5.41, 5.74) is -3.41. The standard InChI is InChI=1S/C32H31F4NO5/c1-4-41-30(39)24-11-8-12-25(18-24)42-26-14-13-23-17-20(2)31(40,32(34,35)36)28(33)16-15-27(23)37(19-26)29(38)21(3)22-9-6-5-7-10-22/h5-12,15-18,21,26,40H,2,4,13-14,19H2,1,3H3/b23-17-,27-15+,28-16-/t21-,26-,31?/m0/s1. The average Bonchev–Trinajstić information content (AvgIpc) is 3.12. The Balaban J connectivity index is 1.76. The number of hydrogen-bond acceptors (Lipinski definition) is 5. The summed E-state index contributed by atoms with van der Waals surface area (Å²) in [6.45, 7) is 6.91. The topological polar surface area (TPSA) is 76.1 Å². The molecule has 4 rings (SSSR count). The molecule has 0 spiro atoms. The monoisotopic (exact) mass is 585 g/mol. The SMILES string of the molecule is C=C1/C=C2/CC[C@H](Oc3cccc(C(=O)OCC)c3)CN(C(=O)[C@@H](C)c3ccccc3)/C2=C/C=C(\F)C1(O)C(F)(F)F. The zero-order valence-electron chi connectivity index (χ0n) is 23.2. The first kappa shape index (κ1) is 30.8. The Morgan fingerprint density at radius 2 is 1.86 bits per heavy atom. The summed E-state index contributed by atoms with van der Waals surface area (Å²) < 4.78 is 67.7. The number of benzene rings is 2.